The van der Waals surface area contributed by atoms with E-state index in [9.17, 15) is 18.0 Å². The van der Waals surface area contributed by atoms with Gasteiger partial charge in [0.25, 0.3) is 0 Å². The molecule has 2 amide bonds. The van der Waals surface area contributed by atoms with Crippen molar-refractivity contribution >= 4 is 27.5 Å². The van der Waals surface area contributed by atoms with Crippen LogP contribution in [0.5, 0.6) is 5.75 Å². The van der Waals surface area contributed by atoms with E-state index < -0.39 is 22.0 Å². The van der Waals surface area contributed by atoms with E-state index in [4.69, 9.17) is 4.74 Å². The number of anilines is 1. The Morgan fingerprint density at radius 3 is 2.33 bits per heavy atom. The number of nitrogens with zero attached hydrogens (tertiary/aromatic N) is 2. The fourth-order valence-electron chi connectivity index (χ4n) is 2.94. The fraction of sp³-hybridized carbons (Fsp3) is 0.227. The predicted molar refractivity (Wildman–Crippen MR) is 122 cm³/mol. The van der Waals surface area contributed by atoms with Gasteiger partial charge in [-0.3, -0.25) is 9.59 Å². The van der Waals surface area contributed by atoms with E-state index in [2.05, 4.69) is 20.5 Å². The monoisotopic (exact) mass is 471 g/mol. The van der Waals surface area contributed by atoms with E-state index in [1.807, 2.05) is 24.3 Å². The maximum Gasteiger partial charge on any atom is 0.241 e. The number of carbonyl (C=O) groups is 2. The maximum absolute atomic E-state index is 12.6. The van der Waals surface area contributed by atoms with Gasteiger partial charge in [-0.1, -0.05) is 0 Å². The molecule has 0 fully saturated rings. The summed E-state index contributed by atoms with van der Waals surface area (Å²) in [5, 5.41) is 9.65. The molecule has 3 rings (SSSR count). The van der Waals surface area contributed by atoms with Crippen molar-refractivity contribution in [3.8, 4) is 11.4 Å². The van der Waals surface area contributed by atoms with Gasteiger partial charge >= 0.3 is 0 Å². The molecule has 0 radical (unpaired) electrons. The second kappa shape index (κ2) is 10.3. The van der Waals surface area contributed by atoms with Gasteiger partial charge in [0, 0.05) is 18.8 Å². The Morgan fingerprint density at radius 2 is 1.73 bits per heavy atom. The molecular weight excluding hydrogens is 446 g/mol. The van der Waals surface area contributed by atoms with Crippen molar-refractivity contribution in [1.82, 2.24) is 19.8 Å². The number of carbonyl (C=O) groups excluding carboxylic acids is 2. The zero-order chi connectivity index (χ0) is 24.0. The molecule has 0 aliphatic carbocycles. The van der Waals surface area contributed by atoms with E-state index in [0.29, 0.717) is 11.4 Å². The quantitative estimate of drug-likeness (QED) is 0.436. The summed E-state index contributed by atoms with van der Waals surface area (Å²) in [5.74, 6) is -0.0196. The minimum absolute atomic E-state index is 0.0190. The van der Waals surface area contributed by atoms with Crippen LogP contribution in [0, 0.1) is 0 Å². The summed E-state index contributed by atoms with van der Waals surface area (Å²) in [6.07, 6.45) is 1.76. The minimum Gasteiger partial charge on any atom is -0.497 e. The van der Waals surface area contributed by atoms with Crippen LogP contribution in [-0.2, 0) is 26.2 Å². The van der Waals surface area contributed by atoms with Gasteiger partial charge in [0.2, 0.25) is 21.8 Å². The average Bonchev–Trinajstić information content (AvgIpc) is 3.26. The van der Waals surface area contributed by atoms with Crippen molar-refractivity contribution in [3.05, 3.63) is 66.5 Å². The van der Waals surface area contributed by atoms with Crippen LogP contribution in [0.1, 0.15) is 19.5 Å². The van der Waals surface area contributed by atoms with Crippen LogP contribution >= 0.6 is 0 Å². The first-order valence-electron chi connectivity index (χ1n) is 10.0. The van der Waals surface area contributed by atoms with E-state index in [0.717, 1.165) is 11.4 Å². The van der Waals surface area contributed by atoms with Gasteiger partial charge in [0.15, 0.2) is 0 Å². The van der Waals surface area contributed by atoms with Crippen molar-refractivity contribution in [1.29, 1.82) is 0 Å². The van der Waals surface area contributed by atoms with Gasteiger partial charge in [0.1, 0.15) is 5.75 Å². The number of nitrogens with one attached hydrogen (secondary N) is 3. The fourth-order valence-corrected chi connectivity index (χ4v) is 4.14. The SMILES string of the molecule is COc1ccc(-n2ccc(CNC(=O)[C@H](C)NS(=O)(=O)c3ccc(NC(C)=O)cc3)n2)cc1. The van der Waals surface area contributed by atoms with Crippen molar-refractivity contribution in [3.63, 3.8) is 0 Å². The molecule has 33 heavy (non-hydrogen) atoms. The summed E-state index contributed by atoms with van der Waals surface area (Å²) in [6, 6.07) is 13.7. The number of rotatable bonds is 9. The highest BCUT2D eigenvalue weighted by molar-refractivity contribution is 7.89. The van der Waals surface area contributed by atoms with E-state index in [-0.39, 0.29) is 17.3 Å². The molecule has 0 bridgehead atoms. The Bertz CT molecular complexity index is 1220. The van der Waals surface area contributed by atoms with Crippen molar-refractivity contribution in [2.45, 2.75) is 31.3 Å². The number of ether oxygens (including phenoxy) is 1. The van der Waals surface area contributed by atoms with Gasteiger partial charge < -0.3 is 15.4 Å². The lowest BCUT2D eigenvalue weighted by atomic mass is 10.3. The van der Waals surface area contributed by atoms with Gasteiger partial charge in [-0.2, -0.15) is 9.82 Å². The molecule has 1 atom stereocenters. The predicted octanol–water partition coefficient (Wildman–Crippen LogP) is 1.82. The molecule has 0 unspecified atom stereocenters. The zero-order valence-corrected chi connectivity index (χ0v) is 19.2. The molecule has 0 saturated carbocycles. The first-order chi connectivity index (χ1) is 15.7. The van der Waals surface area contributed by atoms with Crippen LogP contribution in [0.2, 0.25) is 0 Å². The third-order valence-corrected chi connectivity index (χ3v) is 6.19. The largest absolute Gasteiger partial charge is 0.497 e. The molecule has 2 aromatic carbocycles. The van der Waals surface area contributed by atoms with Crippen LogP contribution < -0.4 is 20.1 Å². The second-order valence-electron chi connectivity index (χ2n) is 7.22. The lowest BCUT2D eigenvalue weighted by molar-refractivity contribution is -0.122. The van der Waals surface area contributed by atoms with Gasteiger partial charge in [-0.25, -0.2) is 13.1 Å². The van der Waals surface area contributed by atoms with Crippen molar-refractivity contribution < 1.29 is 22.7 Å². The second-order valence-corrected chi connectivity index (χ2v) is 8.93. The van der Waals surface area contributed by atoms with E-state index >= 15 is 0 Å². The minimum atomic E-state index is -3.92. The third kappa shape index (κ3) is 6.40. The third-order valence-electron chi connectivity index (χ3n) is 4.64. The molecule has 0 saturated heterocycles. The van der Waals surface area contributed by atoms with E-state index in [1.165, 1.54) is 38.1 Å². The first kappa shape index (κ1) is 24.0. The number of sulfonamides is 1. The molecule has 3 aromatic rings. The van der Waals surface area contributed by atoms with E-state index in [1.54, 1.807) is 24.1 Å². The standard InChI is InChI=1S/C22H25N5O5S/c1-15(26-33(30,31)21-10-4-17(5-11-21)24-16(2)28)22(29)23-14-18-12-13-27(25-18)19-6-8-20(32-3)9-7-19/h4-13,15,26H,14H2,1-3H3,(H,23,29)(H,24,28)/t15-/m0/s1. The molecule has 10 nitrogen and oxygen atoms in total. The molecule has 3 N–H and O–H groups in total. The van der Waals surface area contributed by atoms with Crippen LogP contribution in [0.4, 0.5) is 5.69 Å². The Hall–Kier alpha value is -3.70. The highest BCUT2D eigenvalue weighted by Gasteiger charge is 2.22. The molecule has 0 aliphatic rings. The molecule has 0 spiro atoms. The smallest absolute Gasteiger partial charge is 0.241 e. The Morgan fingerprint density at radius 1 is 1.06 bits per heavy atom. The maximum atomic E-state index is 12.6. The van der Waals surface area contributed by atoms with Crippen molar-refractivity contribution in [2.24, 2.45) is 0 Å². The summed E-state index contributed by atoms with van der Waals surface area (Å²) < 4.78 is 34.3. The summed E-state index contributed by atoms with van der Waals surface area (Å²) in [6.45, 7) is 2.95. The number of hydrogen-bond acceptors (Lipinski definition) is 6. The average molecular weight is 472 g/mol. The summed E-state index contributed by atoms with van der Waals surface area (Å²) in [5.41, 5.74) is 1.92. The summed E-state index contributed by atoms with van der Waals surface area (Å²) in [4.78, 5) is 23.5. The number of hydrogen-bond donors (Lipinski definition) is 3. The van der Waals surface area contributed by atoms with Crippen molar-refractivity contribution in [2.75, 3.05) is 12.4 Å². The van der Waals surface area contributed by atoms with Crippen LogP contribution in [0.3, 0.4) is 0 Å². The molecular formula is C22H25N5O5S. The van der Waals surface area contributed by atoms with Crippen LogP contribution in [0.15, 0.2) is 65.7 Å². The zero-order valence-electron chi connectivity index (χ0n) is 18.4. The number of benzene rings is 2. The summed E-state index contributed by atoms with van der Waals surface area (Å²) >= 11 is 0. The molecule has 11 heteroatoms. The van der Waals surface area contributed by atoms with Gasteiger partial charge in [-0.15, -0.1) is 0 Å². The molecule has 0 aliphatic heterocycles. The van der Waals surface area contributed by atoms with Gasteiger partial charge in [-0.05, 0) is 61.5 Å². The number of methoxy groups -OCH3 is 1. The molecule has 174 valence electrons. The van der Waals surface area contributed by atoms with Gasteiger partial charge in [0.05, 0.1) is 36.0 Å². The first-order valence-corrected chi connectivity index (χ1v) is 11.5. The topological polar surface area (TPSA) is 131 Å². The number of aromatic nitrogens is 2. The van der Waals surface area contributed by atoms with Crippen LogP contribution in [-0.4, -0.2) is 43.2 Å². The summed E-state index contributed by atoms with van der Waals surface area (Å²) in [7, 11) is -2.33. The Balaban J connectivity index is 1.56. The lowest BCUT2D eigenvalue weighted by Gasteiger charge is -2.14. The highest BCUT2D eigenvalue weighted by Crippen LogP contribution is 2.15. The molecule has 1 aromatic heterocycles. The molecule has 1 heterocycles. The Labute approximate surface area is 192 Å². The Kier molecular flexibility index (Phi) is 7.46. The highest BCUT2D eigenvalue weighted by atomic mass is 32.2. The normalized spacial score (nSPS) is 12.1. The van der Waals surface area contributed by atoms with Crippen LogP contribution in [0.25, 0.3) is 5.69 Å². The lowest BCUT2D eigenvalue weighted by Crippen LogP contribution is -2.44. The number of amides is 2.